The van der Waals surface area contributed by atoms with Crippen molar-refractivity contribution in [2.45, 2.75) is 6.55 Å². The fraction of sp³-hybridized carbons (Fsp3) is 0.0204. The molecule has 8 rings (SSSR count). The van der Waals surface area contributed by atoms with Gasteiger partial charge in [0.2, 0.25) is 8.32 Å². The molecule has 8 heteroatoms. The summed E-state index contributed by atoms with van der Waals surface area (Å²) in [7, 11) is -15.2. The van der Waals surface area contributed by atoms with Crippen LogP contribution in [-0.2, 0) is 12.3 Å². The molecule has 8 aromatic carbocycles. The van der Waals surface area contributed by atoms with E-state index in [1.54, 1.807) is 0 Å². The normalized spacial score (nSPS) is 12.2. The van der Waals surface area contributed by atoms with E-state index < -0.39 is 34.0 Å². The Morgan fingerprint density at radius 1 is 0.263 bits per heavy atom. The molecule has 280 valence electrons. The van der Waals surface area contributed by atoms with Gasteiger partial charge < -0.3 is 17.1 Å². The fourth-order valence-electron chi connectivity index (χ4n) is 7.58. The molecule has 0 bridgehead atoms. The second kappa shape index (κ2) is 16.9. The Hall–Kier alpha value is -5.53. The molecular weight excluding hydrogens is 765 g/mol. The first-order chi connectivity index (χ1) is 28.0. The lowest BCUT2D eigenvalue weighted by molar-refractivity contribution is 0.325. The number of rotatable bonds is 14. The predicted molar refractivity (Wildman–Crippen MR) is 243 cm³/mol. The molecule has 0 amide bonds. The average Bonchev–Trinajstić information content (AvgIpc) is 3.30. The molecule has 0 saturated heterocycles. The molecule has 0 fully saturated rings. The van der Waals surface area contributed by atoms with E-state index in [1.807, 2.05) is 121 Å². The summed E-state index contributed by atoms with van der Waals surface area (Å²) in [5.74, 6) is 0. The Morgan fingerprint density at radius 2 is 0.474 bits per heavy atom. The van der Waals surface area contributed by atoms with Gasteiger partial charge in [-0.25, -0.2) is 0 Å². The summed E-state index contributed by atoms with van der Waals surface area (Å²) in [4.78, 5) is 13.6. The van der Waals surface area contributed by atoms with E-state index in [1.165, 1.54) is 0 Å². The lowest BCUT2D eigenvalue weighted by Gasteiger charge is -2.47. The standard InChI is InChI=1S/C49H44O4Si4/c1-54(42-26-10-2-11-27-42,43-28-12-3-13-29-43)51-56(46-34-18-6-19-35-46,47-36-20-7-21-37-47)53-57(48-38-22-8-23-39-48,49-40-24-9-25-41-49)52-55(50,44-30-14-4-15-31-44)45-32-16-5-17-33-45/h2-41,50H,1H3. The lowest BCUT2D eigenvalue weighted by atomic mass is 10.4. The van der Waals surface area contributed by atoms with Crippen LogP contribution >= 0.6 is 0 Å². The molecule has 0 aliphatic carbocycles. The Bertz CT molecular complexity index is 2110. The van der Waals surface area contributed by atoms with Crippen molar-refractivity contribution in [2.24, 2.45) is 0 Å². The van der Waals surface area contributed by atoms with Crippen molar-refractivity contribution in [2.75, 3.05) is 0 Å². The van der Waals surface area contributed by atoms with Crippen molar-refractivity contribution in [3.05, 3.63) is 243 Å². The van der Waals surface area contributed by atoms with Gasteiger partial charge in [0.25, 0.3) is 0 Å². The highest BCUT2D eigenvalue weighted by molar-refractivity contribution is 7.12. The topological polar surface area (TPSA) is 47.9 Å². The van der Waals surface area contributed by atoms with Crippen molar-refractivity contribution in [1.29, 1.82) is 0 Å². The smallest absolute Gasteiger partial charge is 0.396 e. The molecule has 57 heavy (non-hydrogen) atoms. The van der Waals surface area contributed by atoms with Crippen LogP contribution in [0.2, 0.25) is 6.55 Å². The summed E-state index contributed by atoms with van der Waals surface area (Å²) < 4.78 is 24.5. The van der Waals surface area contributed by atoms with Crippen LogP contribution in [0.25, 0.3) is 0 Å². The highest BCUT2D eigenvalue weighted by atomic mass is 28.5. The summed E-state index contributed by atoms with van der Waals surface area (Å²) >= 11 is 0. The van der Waals surface area contributed by atoms with E-state index >= 15 is 0 Å². The Kier molecular flexibility index (Phi) is 11.4. The first-order valence-electron chi connectivity index (χ1n) is 19.2. The van der Waals surface area contributed by atoms with Crippen LogP contribution < -0.4 is 41.5 Å². The maximum absolute atomic E-state index is 13.6. The SMILES string of the molecule is C[Si](O[Si](O[Si](O[Si](O)(c1ccccc1)c1ccccc1)(c1ccccc1)c1ccccc1)(c1ccccc1)c1ccccc1)(c1ccccc1)c1ccccc1. The zero-order valence-corrected chi connectivity index (χ0v) is 35.8. The predicted octanol–water partition coefficient (Wildman–Crippen LogP) is 5.19. The molecule has 0 radical (unpaired) electrons. The first kappa shape index (κ1) is 38.3. The molecule has 8 aromatic rings. The van der Waals surface area contributed by atoms with E-state index in [2.05, 4.69) is 128 Å². The van der Waals surface area contributed by atoms with E-state index in [-0.39, 0.29) is 0 Å². The Morgan fingerprint density at radius 3 is 0.737 bits per heavy atom. The third-order valence-electron chi connectivity index (χ3n) is 10.5. The average molecular weight is 809 g/mol. The molecule has 0 heterocycles. The zero-order chi connectivity index (χ0) is 39.0. The fourth-order valence-corrected chi connectivity index (χ4v) is 26.7. The quantitative estimate of drug-likeness (QED) is 0.154. The maximum atomic E-state index is 13.6. The van der Waals surface area contributed by atoms with Gasteiger partial charge in [-0.2, -0.15) is 0 Å². The minimum absolute atomic E-state index is 0.726. The number of benzene rings is 8. The van der Waals surface area contributed by atoms with Gasteiger partial charge in [0.1, 0.15) is 0 Å². The highest BCUT2D eigenvalue weighted by Crippen LogP contribution is 2.26. The Balaban J connectivity index is 1.48. The Labute approximate surface area is 340 Å². The van der Waals surface area contributed by atoms with E-state index in [0.717, 1.165) is 41.5 Å². The van der Waals surface area contributed by atoms with Crippen molar-refractivity contribution >= 4 is 75.5 Å². The van der Waals surface area contributed by atoms with Gasteiger partial charge in [-0.15, -0.1) is 0 Å². The van der Waals surface area contributed by atoms with Gasteiger partial charge in [0.05, 0.1) is 0 Å². The summed E-state index contributed by atoms with van der Waals surface area (Å²) in [5.41, 5.74) is 0. The van der Waals surface area contributed by atoms with Crippen LogP contribution in [0, 0.1) is 0 Å². The summed E-state index contributed by atoms with van der Waals surface area (Å²) in [6, 6.07) is 82.2. The van der Waals surface area contributed by atoms with Crippen LogP contribution in [0.1, 0.15) is 0 Å². The third kappa shape index (κ3) is 7.65. The van der Waals surface area contributed by atoms with Crippen LogP contribution in [0.4, 0.5) is 0 Å². The van der Waals surface area contributed by atoms with Crippen LogP contribution in [0.3, 0.4) is 0 Å². The monoisotopic (exact) mass is 808 g/mol. The molecular formula is C49H44O4Si4. The van der Waals surface area contributed by atoms with Gasteiger partial charge >= 0.3 is 25.7 Å². The van der Waals surface area contributed by atoms with Crippen molar-refractivity contribution in [3.8, 4) is 0 Å². The molecule has 1 N–H and O–H groups in total. The third-order valence-corrected chi connectivity index (χ3v) is 27.4. The van der Waals surface area contributed by atoms with E-state index in [4.69, 9.17) is 12.3 Å². The summed E-state index contributed by atoms with van der Waals surface area (Å²) in [6.45, 7) is 2.28. The first-order valence-corrected chi connectivity index (χ1v) is 27.1. The minimum Gasteiger partial charge on any atom is -0.422 e. The van der Waals surface area contributed by atoms with Gasteiger partial charge in [-0.05, 0) is 48.0 Å². The van der Waals surface area contributed by atoms with E-state index in [0.29, 0.717) is 0 Å². The summed E-state index contributed by atoms with van der Waals surface area (Å²) in [6.07, 6.45) is 0. The maximum Gasteiger partial charge on any atom is 0.396 e. The second-order valence-corrected chi connectivity index (χ2v) is 27.0. The molecule has 0 atom stereocenters. The molecule has 0 unspecified atom stereocenters. The summed E-state index contributed by atoms with van der Waals surface area (Å²) in [5, 5.41) is 7.31. The number of hydrogen-bond donors (Lipinski definition) is 1. The molecule has 0 spiro atoms. The zero-order valence-electron chi connectivity index (χ0n) is 31.8. The van der Waals surface area contributed by atoms with Gasteiger partial charge in [-0.3, -0.25) is 0 Å². The number of hydrogen-bond acceptors (Lipinski definition) is 4. The molecule has 4 nitrogen and oxygen atoms in total. The molecule has 0 aliphatic heterocycles. The second-order valence-electron chi connectivity index (χ2n) is 14.1. The van der Waals surface area contributed by atoms with Crippen molar-refractivity contribution < 1.29 is 17.1 Å². The molecule has 0 aromatic heterocycles. The lowest BCUT2D eigenvalue weighted by Crippen LogP contribution is -2.82. The highest BCUT2D eigenvalue weighted by Gasteiger charge is 2.60. The van der Waals surface area contributed by atoms with Crippen LogP contribution in [-0.4, -0.2) is 38.8 Å². The van der Waals surface area contributed by atoms with Gasteiger partial charge in [0.15, 0.2) is 0 Å². The molecule has 0 aliphatic rings. The van der Waals surface area contributed by atoms with Crippen LogP contribution in [0.5, 0.6) is 0 Å². The van der Waals surface area contributed by atoms with Gasteiger partial charge in [-0.1, -0.05) is 243 Å². The van der Waals surface area contributed by atoms with Crippen LogP contribution in [0.15, 0.2) is 243 Å². The van der Waals surface area contributed by atoms with Crippen molar-refractivity contribution in [3.63, 3.8) is 0 Å². The van der Waals surface area contributed by atoms with E-state index in [9.17, 15) is 4.80 Å². The largest absolute Gasteiger partial charge is 0.422 e. The van der Waals surface area contributed by atoms with Gasteiger partial charge in [0, 0.05) is 0 Å². The van der Waals surface area contributed by atoms with Crippen molar-refractivity contribution in [1.82, 2.24) is 0 Å². The molecule has 0 saturated carbocycles. The minimum atomic E-state index is -4.08.